The van der Waals surface area contributed by atoms with E-state index in [1.165, 1.54) is 0 Å². The van der Waals surface area contributed by atoms with Gasteiger partial charge in [-0.3, -0.25) is 4.79 Å². The van der Waals surface area contributed by atoms with Gasteiger partial charge in [-0.25, -0.2) is 0 Å². The molecule has 2 nitrogen and oxygen atoms in total. The molecule has 1 saturated carbocycles. The molecule has 0 saturated heterocycles. The van der Waals surface area contributed by atoms with Gasteiger partial charge in [0.1, 0.15) is 4.33 Å². The number of carboxylic acid groups (broad SMARTS) is 1. The summed E-state index contributed by atoms with van der Waals surface area (Å²) in [6.45, 7) is 1.89. The molecular formula is C11H9Cl3O2. The van der Waals surface area contributed by atoms with E-state index >= 15 is 0 Å². The average molecular weight is 280 g/mol. The molecule has 1 N–H and O–H groups in total. The Hall–Kier alpha value is -0.440. The van der Waals surface area contributed by atoms with Crippen molar-refractivity contribution in [3.8, 4) is 0 Å². The van der Waals surface area contributed by atoms with Crippen LogP contribution in [0, 0.1) is 12.8 Å². The molecule has 0 bridgehead atoms. The number of alkyl halides is 2. The van der Waals surface area contributed by atoms with Gasteiger partial charge in [-0.2, -0.15) is 0 Å². The molecule has 1 unspecified atom stereocenters. The lowest BCUT2D eigenvalue weighted by Gasteiger charge is -2.03. The van der Waals surface area contributed by atoms with E-state index < -0.39 is 16.2 Å². The van der Waals surface area contributed by atoms with Gasteiger partial charge < -0.3 is 5.11 Å². The van der Waals surface area contributed by atoms with E-state index in [9.17, 15) is 4.79 Å². The molecule has 1 aliphatic carbocycles. The van der Waals surface area contributed by atoms with Crippen LogP contribution in [-0.2, 0) is 4.79 Å². The Labute approximate surface area is 108 Å². The average Bonchev–Trinajstić information content (AvgIpc) is 2.67. The van der Waals surface area contributed by atoms with E-state index in [1.54, 1.807) is 12.1 Å². The number of aliphatic carboxylic acids is 1. The van der Waals surface area contributed by atoms with Crippen molar-refractivity contribution in [2.45, 2.75) is 17.2 Å². The largest absolute Gasteiger partial charge is 0.481 e. The first-order valence-electron chi connectivity index (χ1n) is 4.71. The monoisotopic (exact) mass is 278 g/mol. The minimum absolute atomic E-state index is 0.384. The Morgan fingerprint density at radius 2 is 2.00 bits per heavy atom. The third-order valence-corrected chi connectivity index (χ3v) is 3.90. The van der Waals surface area contributed by atoms with Crippen LogP contribution in [0.25, 0.3) is 0 Å². The molecule has 86 valence electrons. The van der Waals surface area contributed by atoms with E-state index in [0.717, 1.165) is 11.1 Å². The van der Waals surface area contributed by atoms with Crippen LogP contribution >= 0.6 is 34.8 Å². The zero-order valence-electron chi connectivity index (χ0n) is 8.38. The lowest BCUT2D eigenvalue weighted by atomic mass is 10.1. The summed E-state index contributed by atoms with van der Waals surface area (Å²) in [4.78, 5) is 10.9. The summed E-state index contributed by atoms with van der Waals surface area (Å²) in [5.41, 5.74) is 1.74. The van der Waals surface area contributed by atoms with Gasteiger partial charge in [0.2, 0.25) is 0 Å². The number of carboxylic acids is 1. The molecule has 0 aliphatic heterocycles. The molecule has 1 aromatic rings. The second-order valence-corrected chi connectivity index (χ2v) is 5.91. The molecule has 1 fully saturated rings. The third kappa shape index (κ3) is 1.90. The normalized spacial score (nSPS) is 26.5. The molecule has 1 aromatic carbocycles. The first-order chi connectivity index (χ1) is 7.34. The predicted molar refractivity (Wildman–Crippen MR) is 64.5 cm³/mol. The molecule has 0 radical (unpaired) electrons. The second-order valence-electron chi connectivity index (χ2n) is 4.03. The van der Waals surface area contributed by atoms with Crippen LogP contribution in [0.2, 0.25) is 5.02 Å². The summed E-state index contributed by atoms with van der Waals surface area (Å²) in [5.74, 6) is -2.12. The highest BCUT2D eigenvalue weighted by molar-refractivity contribution is 6.53. The first kappa shape index (κ1) is 12.0. The third-order valence-electron chi connectivity index (χ3n) is 2.74. The summed E-state index contributed by atoms with van der Waals surface area (Å²) < 4.78 is -1.22. The second kappa shape index (κ2) is 3.80. The van der Waals surface area contributed by atoms with E-state index in [2.05, 4.69) is 0 Å². The van der Waals surface area contributed by atoms with Crippen LogP contribution in [0.1, 0.15) is 17.0 Å². The van der Waals surface area contributed by atoms with Crippen molar-refractivity contribution in [3.63, 3.8) is 0 Å². The lowest BCUT2D eigenvalue weighted by Crippen LogP contribution is -2.03. The van der Waals surface area contributed by atoms with Crippen molar-refractivity contribution >= 4 is 40.8 Å². The number of hydrogen-bond acceptors (Lipinski definition) is 1. The van der Waals surface area contributed by atoms with E-state index in [4.69, 9.17) is 39.9 Å². The summed E-state index contributed by atoms with van der Waals surface area (Å²) in [6.07, 6.45) is 0. The van der Waals surface area contributed by atoms with Crippen molar-refractivity contribution in [2.75, 3.05) is 0 Å². The standard InChI is InChI=1S/C11H9Cl3O2/c1-5-2-6(4-7(12)3-5)8-9(10(15)16)11(8,13)14/h2-4,8-9H,1H3,(H,15,16)/t8?,9-/m1/s1. The van der Waals surface area contributed by atoms with Crippen LogP contribution in [0.4, 0.5) is 0 Å². The van der Waals surface area contributed by atoms with E-state index in [0.29, 0.717) is 5.02 Å². The number of halogens is 3. The summed E-state index contributed by atoms with van der Waals surface area (Å²) in [5, 5.41) is 9.52. The molecule has 2 rings (SSSR count). The molecular weight excluding hydrogens is 270 g/mol. The van der Waals surface area contributed by atoms with Gasteiger partial charge in [0, 0.05) is 10.9 Å². The molecule has 0 aromatic heterocycles. The van der Waals surface area contributed by atoms with E-state index in [1.807, 2.05) is 13.0 Å². The molecule has 0 amide bonds. The van der Waals surface area contributed by atoms with Crippen LogP contribution in [0.3, 0.4) is 0 Å². The maximum atomic E-state index is 10.9. The summed E-state index contributed by atoms with van der Waals surface area (Å²) >= 11 is 17.8. The molecule has 0 heterocycles. The maximum Gasteiger partial charge on any atom is 0.310 e. The zero-order valence-corrected chi connectivity index (χ0v) is 10.6. The smallest absolute Gasteiger partial charge is 0.310 e. The van der Waals surface area contributed by atoms with Crippen molar-refractivity contribution in [3.05, 3.63) is 34.3 Å². The topological polar surface area (TPSA) is 37.3 Å². The summed E-state index contributed by atoms with van der Waals surface area (Å²) in [6, 6.07) is 5.37. The molecule has 16 heavy (non-hydrogen) atoms. The van der Waals surface area contributed by atoms with Crippen molar-refractivity contribution in [2.24, 2.45) is 5.92 Å². The fraction of sp³-hybridized carbons (Fsp3) is 0.364. The highest BCUT2D eigenvalue weighted by Gasteiger charge is 2.68. The quantitative estimate of drug-likeness (QED) is 0.840. The van der Waals surface area contributed by atoms with Gasteiger partial charge in [0.25, 0.3) is 0 Å². The van der Waals surface area contributed by atoms with Gasteiger partial charge >= 0.3 is 5.97 Å². The number of benzene rings is 1. The van der Waals surface area contributed by atoms with Gasteiger partial charge in [-0.15, -0.1) is 0 Å². The molecule has 2 atom stereocenters. The number of carbonyl (C=O) groups is 1. The van der Waals surface area contributed by atoms with E-state index in [-0.39, 0.29) is 5.92 Å². The van der Waals surface area contributed by atoms with Crippen LogP contribution in [0.5, 0.6) is 0 Å². The summed E-state index contributed by atoms with van der Waals surface area (Å²) in [7, 11) is 0. The zero-order chi connectivity index (χ0) is 12.1. The van der Waals surface area contributed by atoms with Gasteiger partial charge in [-0.05, 0) is 30.2 Å². The SMILES string of the molecule is Cc1cc(Cl)cc(C2[C@H](C(=O)O)C2(Cl)Cl)c1. The van der Waals surface area contributed by atoms with Crippen LogP contribution in [0.15, 0.2) is 18.2 Å². The van der Waals surface area contributed by atoms with Crippen molar-refractivity contribution < 1.29 is 9.90 Å². The minimum Gasteiger partial charge on any atom is -0.481 e. The Morgan fingerprint density at radius 1 is 1.38 bits per heavy atom. The fourth-order valence-electron chi connectivity index (χ4n) is 1.99. The maximum absolute atomic E-state index is 10.9. The number of hydrogen-bond donors (Lipinski definition) is 1. The minimum atomic E-state index is -1.22. The van der Waals surface area contributed by atoms with Gasteiger partial charge in [0.15, 0.2) is 0 Å². The fourth-order valence-corrected chi connectivity index (χ4v) is 3.11. The van der Waals surface area contributed by atoms with Gasteiger partial charge in [0.05, 0.1) is 5.92 Å². The Kier molecular flexibility index (Phi) is 2.85. The molecule has 1 aliphatic rings. The lowest BCUT2D eigenvalue weighted by molar-refractivity contribution is -0.138. The van der Waals surface area contributed by atoms with Crippen LogP contribution in [-0.4, -0.2) is 15.4 Å². The van der Waals surface area contributed by atoms with Crippen molar-refractivity contribution in [1.82, 2.24) is 0 Å². The number of aryl methyl sites for hydroxylation is 1. The van der Waals surface area contributed by atoms with Crippen molar-refractivity contribution in [1.29, 1.82) is 0 Å². The van der Waals surface area contributed by atoms with Crippen LogP contribution < -0.4 is 0 Å². The molecule has 0 spiro atoms. The highest BCUT2D eigenvalue weighted by Crippen LogP contribution is 2.65. The predicted octanol–water partition coefficient (Wildman–Crippen LogP) is 3.62. The Bertz CT molecular complexity index is 436. The number of rotatable bonds is 2. The first-order valence-corrected chi connectivity index (χ1v) is 5.85. The molecule has 5 heteroatoms. The Balaban J connectivity index is 2.37. The van der Waals surface area contributed by atoms with Gasteiger partial charge in [-0.1, -0.05) is 40.9 Å². The highest BCUT2D eigenvalue weighted by atomic mass is 35.5. The Morgan fingerprint density at radius 3 is 2.44 bits per heavy atom.